The van der Waals surface area contributed by atoms with Crippen LogP contribution in [-0.4, -0.2) is 0 Å². The summed E-state index contributed by atoms with van der Waals surface area (Å²) in [6.45, 7) is 10.2. The van der Waals surface area contributed by atoms with Crippen LogP contribution in [0.3, 0.4) is 0 Å². The second-order valence-electron chi connectivity index (χ2n) is 4.02. The Labute approximate surface area is 67.9 Å². The zero-order chi connectivity index (χ0) is 8.48. The van der Waals surface area contributed by atoms with Crippen molar-refractivity contribution in [3.05, 3.63) is 24.4 Å². The van der Waals surface area contributed by atoms with Crippen LogP contribution in [-0.2, 0) is 4.74 Å². The van der Waals surface area contributed by atoms with Gasteiger partial charge in [0, 0.05) is 12.6 Å². The molecule has 1 rings (SSSR count). The number of allylic oxidation sites excluding steroid dienone is 1. The molecule has 1 N–H and O–H groups in total. The number of ether oxygens (including phenoxy) is 1. The highest BCUT2D eigenvalue weighted by Gasteiger charge is 2.17. The molecule has 0 atom stereocenters. The lowest BCUT2D eigenvalue weighted by atomic mass is 9.91. The van der Waals surface area contributed by atoms with Gasteiger partial charge in [0.2, 0.25) is 0 Å². The lowest BCUT2D eigenvalue weighted by Gasteiger charge is -2.17. The smallest absolute Gasteiger partial charge is 0.189 e. The number of rotatable bonds is 1. The van der Waals surface area contributed by atoms with Gasteiger partial charge in [-0.2, -0.15) is 0 Å². The summed E-state index contributed by atoms with van der Waals surface area (Å²) in [4.78, 5) is 0. The number of nitrogens with one attached hydrogen (secondary N) is 1. The summed E-state index contributed by atoms with van der Waals surface area (Å²) in [6.07, 6.45) is 2.81. The molecule has 0 saturated heterocycles. The van der Waals surface area contributed by atoms with Crippen molar-refractivity contribution in [2.45, 2.75) is 27.2 Å². The van der Waals surface area contributed by atoms with E-state index in [1.165, 1.54) is 0 Å². The Morgan fingerprint density at radius 2 is 2.18 bits per heavy atom. The van der Waals surface area contributed by atoms with Crippen LogP contribution in [0.2, 0.25) is 0 Å². The largest absolute Gasteiger partial charge is 0.445 e. The van der Waals surface area contributed by atoms with Gasteiger partial charge in [0.1, 0.15) is 5.76 Å². The van der Waals surface area contributed by atoms with Crippen molar-refractivity contribution in [3.8, 4) is 0 Å². The normalized spacial score (nSPS) is 17.4. The van der Waals surface area contributed by atoms with Gasteiger partial charge in [0.15, 0.2) is 5.88 Å². The number of hydrogen-bond acceptors (Lipinski definition) is 2. The van der Waals surface area contributed by atoms with E-state index in [0.717, 1.165) is 12.2 Å². The van der Waals surface area contributed by atoms with Crippen LogP contribution in [0.1, 0.15) is 27.2 Å². The third kappa shape index (κ3) is 2.66. The van der Waals surface area contributed by atoms with Gasteiger partial charge in [-0.1, -0.05) is 20.8 Å². The van der Waals surface area contributed by atoms with Crippen LogP contribution in [0.4, 0.5) is 0 Å². The van der Waals surface area contributed by atoms with Crippen molar-refractivity contribution < 1.29 is 4.74 Å². The van der Waals surface area contributed by atoms with Crippen LogP contribution in [0.15, 0.2) is 24.4 Å². The molecule has 0 saturated carbocycles. The Bertz CT molecular complexity index is 198. The Hall–Kier alpha value is -0.920. The second-order valence-corrected chi connectivity index (χ2v) is 4.02. The Morgan fingerprint density at radius 3 is 2.55 bits per heavy atom. The molecule has 62 valence electrons. The molecule has 11 heavy (non-hydrogen) atoms. The summed E-state index contributed by atoms with van der Waals surface area (Å²) in [7, 11) is 0. The van der Waals surface area contributed by atoms with E-state index in [2.05, 4.69) is 32.7 Å². The van der Waals surface area contributed by atoms with Crippen molar-refractivity contribution in [1.29, 1.82) is 0 Å². The Balaban J connectivity index is 2.46. The van der Waals surface area contributed by atoms with Gasteiger partial charge < -0.3 is 10.1 Å². The summed E-state index contributed by atoms with van der Waals surface area (Å²) in [5.41, 5.74) is 0.276. The molecule has 0 fully saturated rings. The molecule has 2 nitrogen and oxygen atoms in total. The fourth-order valence-electron chi connectivity index (χ4n) is 0.988. The van der Waals surface area contributed by atoms with E-state index in [4.69, 9.17) is 4.74 Å². The molecule has 0 aromatic heterocycles. The second kappa shape index (κ2) is 2.61. The molecule has 0 aromatic carbocycles. The molecule has 0 amide bonds. The molecule has 0 radical (unpaired) electrons. The molecule has 1 aliphatic rings. The van der Waals surface area contributed by atoms with E-state index in [-0.39, 0.29) is 5.41 Å². The molecule has 1 heterocycles. The van der Waals surface area contributed by atoms with Gasteiger partial charge in [-0.15, -0.1) is 0 Å². The van der Waals surface area contributed by atoms with Crippen LogP contribution in [0.25, 0.3) is 0 Å². The van der Waals surface area contributed by atoms with E-state index in [1.807, 2.05) is 6.20 Å². The van der Waals surface area contributed by atoms with E-state index < -0.39 is 0 Å². The maximum absolute atomic E-state index is 5.29. The summed E-state index contributed by atoms with van der Waals surface area (Å²) >= 11 is 0. The molecule has 0 aliphatic carbocycles. The molecular formula is C9H15NO. The van der Waals surface area contributed by atoms with E-state index in [9.17, 15) is 0 Å². The predicted octanol–water partition coefficient (Wildman–Crippen LogP) is 2.36. The van der Waals surface area contributed by atoms with Gasteiger partial charge in [0.05, 0.1) is 0 Å². The molecule has 0 unspecified atom stereocenters. The molecule has 2 heteroatoms. The summed E-state index contributed by atoms with van der Waals surface area (Å²) in [5, 5.41) is 2.91. The van der Waals surface area contributed by atoms with Crippen molar-refractivity contribution in [1.82, 2.24) is 5.32 Å². The van der Waals surface area contributed by atoms with E-state index >= 15 is 0 Å². The van der Waals surface area contributed by atoms with Crippen LogP contribution in [0.5, 0.6) is 0 Å². The monoisotopic (exact) mass is 153 g/mol. The van der Waals surface area contributed by atoms with Gasteiger partial charge in [-0.05, 0) is 12.0 Å². The van der Waals surface area contributed by atoms with E-state index in [0.29, 0.717) is 5.88 Å². The first-order valence-corrected chi connectivity index (χ1v) is 3.80. The number of hydrogen-bond donors (Lipinski definition) is 1. The molecule has 0 bridgehead atoms. The van der Waals surface area contributed by atoms with Crippen molar-refractivity contribution in [3.63, 3.8) is 0 Å². The first-order chi connectivity index (χ1) is 4.97. The van der Waals surface area contributed by atoms with Gasteiger partial charge in [0.25, 0.3) is 0 Å². The highest BCUT2D eigenvalue weighted by molar-refractivity contribution is 5.08. The molecule has 0 aromatic rings. The van der Waals surface area contributed by atoms with Crippen molar-refractivity contribution in [2.24, 2.45) is 5.41 Å². The summed E-state index contributed by atoms with van der Waals surface area (Å²) in [5.74, 6) is 1.60. The molecule has 0 spiro atoms. The zero-order valence-electron chi connectivity index (χ0n) is 7.40. The SMILES string of the molecule is C=C1NC=C(CC(C)(C)C)O1. The Kier molecular flexibility index (Phi) is 1.94. The highest BCUT2D eigenvalue weighted by atomic mass is 16.5. The fraction of sp³-hybridized carbons (Fsp3) is 0.556. The minimum atomic E-state index is 0.276. The molecule has 1 aliphatic heterocycles. The summed E-state index contributed by atoms with van der Waals surface area (Å²) in [6, 6.07) is 0. The fourth-order valence-corrected chi connectivity index (χ4v) is 0.988. The van der Waals surface area contributed by atoms with Gasteiger partial charge in [-0.25, -0.2) is 0 Å². The lowest BCUT2D eigenvalue weighted by molar-refractivity contribution is 0.260. The molecular weight excluding hydrogens is 138 g/mol. The topological polar surface area (TPSA) is 21.3 Å². The lowest BCUT2D eigenvalue weighted by Crippen LogP contribution is -2.06. The average Bonchev–Trinajstić information content (AvgIpc) is 2.10. The van der Waals surface area contributed by atoms with Gasteiger partial charge in [-0.3, -0.25) is 0 Å². The maximum Gasteiger partial charge on any atom is 0.189 e. The van der Waals surface area contributed by atoms with Gasteiger partial charge >= 0.3 is 0 Å². The highest BCUT2D eigenvalue weighted by Crippen LogP contribution is 2.26. The zero-order valence-corrected chi connectivity index (χ0v) is 7.40. The maximum atomic E-state index is 5.29. The van der Waals surface area contributed by atoms with E-state index in [1.54, 1.807) is 0 Å². The van der Waals surface area contributed by atoms with Crippen molar-refractivity contribution in [2.75, 3.05) is 0 Å². The third-order valence-corrected chi connectivity index (χ3v) is 1.35. The van der Waals surface area contributed by atoms with Crippen LogP contribution >= 0.6 is 0 Å². The quantitative estimate of drug-likeness (QED) is 0.624. The predicted molar refractivity (Wildman–Crippen MR) is 45.5 cm³/mol. The Morgan fingerprint density at radius 1 is 1.55 bits per heavy atom. The average molecular weight is 153 g/mol. The first-order valence-electron chi connectivity index (χ1n) is 3.80. The first kappa shape index (κ1) is 8.18. The third-order valence-electron chi connectivity index (χ3n) is 1.35. The van der Waals surface area contributed by atoms with Crippen LogP contribution in [0, 0.1) is 5.41 Å². The minimum absolute atomic E-state index is 0.276. The van der Waals surface area contributed by atoms with Crippen molar-refractivity contribution >= 4 is 0 Å². The standard InChI is InChI=1S/C9H15NO/c1-7-10-6-8(11-7)5-9(2,3)4/h6,10H,1,5H2,2-4H3. The van der Waals surface area contributed by atoms with Crippen LogP contribution < -0.4 is 5.32 Å². The minimum Gasteiger partial charge on any atom is -0.445 e. The summed E-state index contributed by atoms with van der Waals surface area (Å²) < 4.78 is 5.29.